The van der Waals surface area contributed by atoms with E-state index in [0.29, 0.717) is 76.5 Å². The molecule has 4 heterocycles. The zero-order valence-electron chi connectivity index (χ0n) is 36.4. The summed E-state index contributed by atoms with van der Waals surface area (Å²) in [4.78, 5) is 66.2. The molecule has 3 fully saturated rings. The summed E-state index contributed by atoms with van der Waals surface area (Å²) in [5.74, 6) is -1.04. The Morgan fingerprint density at radius 3 is 2.58 bits per heavy atom. The van der Waals surface area contributed by atoms with Gasteiger partial charge in [0.25, 0.3) is 0 Å². The smallest absolute Gasteiger partial charge is 0.226 e. The van der Waals surface area contributed by atoms with Gasteiger partial charge in [-0.25, -0.2) is 14.4 Å². The van der Waals surface area contributed by atoms with Crippen molar-refractivity contribution in [1.29, 1.82) is 0 Å². The first-order valence-corrected chi connectivity index (χ1v) is 25.2. The molecule has 3 aliphatic rings. The lowest BCUT2D eigenvalue weighted by atomic mass is 9.92. The first kappa shape index (κ1) is 46.1. The van der Waals surface area contributed by atoms with E-state index in [-0.39, 0.29) is 67.0 Å². The molecule has 6 atom stereocenters. The summed E-state index contributed by atoms with van der Waals surface area (Å²) in [7, 11) is -2.65. The minimum Gasteiger partial charge on any atom is -0.495 e. The van der Waals surface area contributed by atoms with Crippen LogP contribution in [0.15, 0.2) is 41.8 Å². The third kappa shape index (κ3) is 9.91. The number of hydrogen-bond donors (Lipinski definition) is 2. The predicted octanol–water partition coefficient (Wildman–Crippen LogP) is 10.9. The number of Topliss-reactive ketones (excluding diaryl/α,β-unsaturated/α-hetero) is 2. The molecule has 0 bridgehead atoms. The molecule has 2 saturated heterocycles. The number of fused-ring (bicyclic) bond motifs is 3. The number of aryl methyl sites for hydroxylation is 1. The van der Waals surface area contributed by atoms with Gasteiger partial charge in [-0.2, -0.15) is 0 Å². The van der Waals surface area contributed by atoms with Crippen LogP contribution in [-0.2, 0) is 25.1 Å². The highest BCUT2D eigenvalue weighted by atomic mass is 35.5. The van der Waals surface area contributed by atoms with Crippen LogP contribution >= 0.6 is 30.3 Å². The number of thiazole rings is 1. The van der Waals surface area contributed by atoms with Crippen LogP contribution in [0.4, 0.5) is 9.52 Å². The first-order chi connectivity index (χ1) is 29.6. The van der Waals surface area contributed by atoms with Gasteiger partial charge in [0.2, 0.25) is 13.3 Å². The highest BCUT2D eigenvalue weighted by Crippen LogP contribution is 2.75. The Bertz CT molecular complexity index is 2340. The number of anilines is 1. The van der Waals surface area contributed by atoms with Crippen molar-refractivity contribution in [3.8, 4) is 22.9 Å². The van der Waals surface area contributed by atoms with Gasteiger partial charge in [0.1, 0.15) is 39.9 Å². The SMILES string of the molecule is CCCC(=O)C[C@H]1CCCCCCC[C@H]2C[C@@]2(P(=O)(O)Cc2c(C)cccc2F)CC(=O)[C@@H]2C[C@@H](Oc3cc(-c4csc(NC(C)C)n4)nc4c(Cl)c(OC)ccc34)CN2C1=O. The molecule has 1 unspecified atom stereocenters. The number of benzene rings is 2. The molecule has 11 nitrogen and oxygen atoms in total. The number of carbonyl (C=O) groups is 3. The van der Waals surface area contributed by atoms with Gasteiger partial charge in [0.05, 0.1) is 42.2 Å². The quantitative estimate of drug-likeness (QED) is 0.124. The van der Waals surface area contributed by atoms with E-state index in [0.717, 1.165) is 37.2 Å². The Hall–Kier alpha value is -3.90. The van der Waals surface area contributed by atoms with E-state index in [1.165, 1.54) is 24.5 Å². The van der Waals surface area contributed by atoms with Crippen LogP contribution in [0.3, 0.4) is 0 Å². The molecule has 0 radical (unpaired) electrons. The molecule has 15 heteroatoms. The zero-order chi connectivity index (χ0) is 44.3. The molecular weight excluding hydrogens is 850 g/mol. The minimum atomic E-state index is -4.17. The average Bonchev–Trinajstić information content (AvgIpc) is 3.50. The Kier molecular flexibility index (Phi) is 14.5. The van der Waals surface area contributed by atoms with Crippen LogP contribution in [0.25, 0.3) is 22.3 Å². The molecule has 0 spiro atoms. The van der Waals surface area contributed by atoms with Gasteiger partial charge in [-0.1, -0.05) is 62.8 Å². The fourth-order valence-electron chi connectivity index (χ4n) is 9.59. The van der Waals surface area contributed by atoms with Crippen molar-refractivity contribution in [2.24, 2.45) is 11.8 Å². The van der Waals surface area contributed by atoms with E-state index < -0.39 is 36.4 Å². The summed E-state index contributed by atoms with van der Waals surface area (Å²) >= 11 is 8.33. The summed E-state index contributed by atoms with van der Waals surface area (Å²) in [6.07, 6.45) is 5.98. The number of nitrogens with one attached hydrogen (secondary N) is 1. The molecule has 2 aromatic heterocycles. The molecule has 2 N–H and O–H groups in total. The van der Waals surface area contributed by atoms with Crippen LogP contribution in [0.2, 0.25) is 5.02 Å². The minimum absolute atomic E-state index is 0.0138. The number of aromatic nitrogens is 2. The van der Waals surface area contributed by atoms with E-state index in [4.69, 9.17) is 31.0 Å². The number of hydrogen-bond acceptors (Lipinski definition) is 10. The molecule has 2 aliphatic heterocycles. The van der Waals surface area contributed by atoms with E-state index in [1.807, 2.05) is 32.2 Å². The number of ether oxygens (including phenoxy) is 2. The molecule has 4 aromatic rings. The van der Waals surface area contributed by atoms with E-state index in [2.05, 4.69) is 5.32 Å². The van der Waals surface area contributed by atoms with Crippen molar-refractivity contribution < 1.29 is 37.7 Å². The van der Waals surface area contributed by atoms with Crippen LogP contribution in [0.5, 0.6) is 11.5 Å². The zero-order valence-corrected chi connectivity index (χ0v) is 38.9. The normalized spacial score (nSPS) is 24.5. The molecule has 2 aromatic carbocycles. The molecule has 62 heavy (non-hydrogen) atoms. The van der Waals surface area contributed by atoms with Crippen molar-refractivity contribution in [2.75, 3.05) is 19.0 Å². The summed E-state index contributed by atoms with van der Waals surface area (Å²) in [6.45, 7) is 7.79. The molecule has 1 amide bonds. The Morgan fingerprint density at radius 2 is 1.85 bits per heavy atom. The average molecular weight is 910 g/mol. The molecule has 1 saturated carbocycles. The first-order valence-electron chi connectivity index (χ1n) is 22.1. The van der Waals surface area contributed by atoms with E-state index in [9.17, 15) is 23.8 Å². The summed E-state index contributed by atoms with van der Waals surface area (Å²) in [5, 5.41) is 5.62. The number of ketones is 2. The molecular formula is C47H59ClFN4O7PS. The number of pyridine rings is 1. The topological polar surface area (TPSA) is 148 Å². The fraction of sp³-hybridized carbons (Fsp3) is 0.553. The molecule has 7 rings (SSSR count). The third-order valence-corrected chi connectivity index (χ3v) is 17.0. The summed E-state index contributed by atoms with van der Waals surface area (Å²) < 4.78 is 42.3. The van der Waals surface area contributed by atoms with Gasteiger partial charge in [-0.3, -0.25) is 18.9 Å². The third-order valence-electron chi connectivity index (χ3n) is 13.0. The maximum atomic E-state index is 15.2. The largest absolute Gasteiger partial charge is 0.495 e. The Labute approximate surface area is 373 Å². The second-order valence-electron chi connectivity index (χ2n) is 17.9. The van der Waals surface area contributed by atoms with Gasteiger partial charge in [-0.05, 0) is 76.1 Å². The predicted molar refractivity (Wildman–Crippen MR) is 243 cm³/mol. The Morgan fingerprint density at radius 1 is 1.10 bits per heavy atom. The highest BCUT2D eigenvalue weighted by Gasteiger charge is 2.65. The number of methoxy groups -OCH3 is 1. The summed E-state index contributed by atoms with van der Waals surface area (Å²) in [5.41, 5.74) is 2.33. The van der Waals surface area contributed by atoms with Crippen molar-refractivity contribution in [3.63, 3.8) is 0 Å². The maximum Gasteiger partial charge on any atom is 0.226 e. The number of halogens is 2. The van der Waals surface area contributed by atoms with Crippen molar-refractivity contribution in [3.05, 3.63) is 63.7 Å². The number of carbonyl (C=O) groups excluding carboxylic acids is 3. The van der Waals surface area contributed by atoms with E-state index in [1.54, 1.807) is 36.1 Å². The second kappa shape index (κ2) is 19.5. The Balaban J connectivity index is 1.26. The van der Waals surface area contributed by atoms with Gasteiger partial charge < -0.3 is 24.6 Å². The van der Waals surface area contributed by atoms with Gasteiger partial charge in [-0.15, -0.1) is 11.3 Å². The number of rotatable bonds is 13. The molecule has 1 aliphatic carbocycles. The van der Waals surface area contributed by atoms with Crippen LogP contribution < -0.4 is 14.8 Å². The number of nitrogens with zero attached hydrogens (tertiary/aromatic N) is 3. The van der Waals surface area contributed by atoms with Gasteiger partial charge in [0, 0.05) is 60.0 Å². The standard InChI is InChI=1S/C47H59ClFN4O7PS/c1-6-13-32(54)20-30-15-10-8-7-9-11-16-31-23-47(31,61(57,58)26-35-29(4)14-12-17-36(35)49)24-40(55)39-21-33(25-53(39)45(30)56)60-42-22-37(38-27-62-46(52-38)50-28(2)3)51-44-34(42)18-19-41(59-5)43(44)48/h12,14,17-19,22,27-28,30-31,33,39H,6-11,13,15-16,20-21,23-26H2,1-5H3,(H,50,52)(H,57,58)/t30-,31+,33-,39+,47-/m1/s1. The lowest BCUT2D eigenvalue weighted by molar-refractivity contribution is -0.142. The van der Waals surface area contributed by atoms with Crippen LogP contribution in [0, 0.1) is 24.6 Å². The van der Waals surface area contributed by atoms with Crippen molar-refractivity contribution >= 4 is 63.8 Å². The molecule has 334 valence electrons. The van der Waals surface area contributed by atoms with Crippen molar-refractivity contribution in [2.45, 2.75) is 141 Å². The summed E-state index contributed by atoms with van der Waals surface area (Å²) in [6, 6.07) is 9.15. The fourth-order valence-corrected chi connectivity index (χ4v) is 13.5. The van der Waals surface area contributed by atoms with Crippen molar-refractivity contribution in [1.82, 2.24) is 14.9 Å². The maximum absolute atomic E-state index is 15.2. The highest BCUT2D eigenvalue weighted by molar-refractivity contribution is 7.59. The monoisotopic (exact) mass is 908 g/mol. The lowest BCUT2D eigenvalue weighted by Crippen LogP contribution is -2.45. The second-order valence-corrected chi connectivity index (χ2v) is 21.7. The van der Waals surface area contributed by atoms with Gasteiger partial charge >= 0.3 is 0 Å². The van der Waals surface area contributed by atoms with E-state index >= 15 is 4.39 Å². The van der Waals surface area contributed by atoms with Crippen LogP contribution in [0.1, 0.15) is 115 Å². The number of amides is 1. The lowest BCUT2D eigenvalue weighted by Gasteiger charge is -2.30. The van der Waals surface area contributed by atoms with Crippen LogP contribution in [-0.4, -0.2) is 74.2 Å². The van der Waals surface area contributed by atoms with Gasteiger partial charge in [0.15, 0.2) is 10.9 Å².